The lowest BCUT2D eigenvalue weighted by Gasteiger charge is -2.37. The molecule has 2 aliphatic heterocycles. The largest absolute Gasteiger partial charge is 0.390 e. The third-order valence-electron chi connectivity index (χ3n) is 5.05. The summed E-state index contributed by atoms with van der Waals surface area (Å²) < 4.78 is 0. The zero-order valence-corrected chi connectivity index (χ0v) is 14.6. The molecule has 2 amide bonds. The molecule has 3 rings (SSSR count). The van der Waals surface area contributed by atoms with Gasteiger partial charge in [0, 0.05) is 44.8 Å². The topological polar surface area (TPSA) is 76.1 Å². The lowest BCUT2D eigenvalue weighted by Crippen LogP contribution is -2.52. The highest BCUT2D eigenvalue weighted by Gasteiger charge is 2.38. The molecule has 2 N–H and O–H groups in total. The van der Waals surface area contributed by atoms with Crippen LogP contribution in [0.3, 0.4) is 0 Å². The van der Waals surface area contributed by atoms with Crippen LogP contribution >= 0.6 is 0 Å². The standard InChI is InChI=1S/C18H26N4O3/c1-20-7-9-21(10-8-20)15-12-22(13-16(15)23)17(24)11-19-18(25)14-5-3-2-4-6-14/h2-6,15-16,23H,7-13H2,1H3,(H,19,25)/t15-,16-/m0/s1. The third kappa shape index (κ3) is 4.36. The van der Waals surface area contributed by atoms with Crippen molar-refractivity contribution in [3.05, 3.63) is 35.9 Å². The zero-order valence-electron chi connectivity index (χ0n) is 14.6. The molecule has 0 bridgehead atoms. The van der Waals surface area contributed by atoms with Crippen LogP contribution in [0.1, 0.15) is 10.4 Å². The van der Waals surface area contributed by atoms with Gasteiger partial charge in [-0.15, -0.1) is 0 Å². The smallest absolute Gasteiger partial charge is 0.251 e. The number of nitrogens with one attached hydrogen (secondary N) is 1. The van der Waals surface area contributed by atoms with E-state index in [1.54, 1.807) is 29.2 Å². The average Bonchev–Trinajstić information content (AvgIpc) is 3.02. The molecule has 0 radical (unpaired) electrons. The van der Waals surface area contributed by atoms with Crippen LogP contribution in [0.2, 0.25) is 0 Å². The van der Waals surface area contributed by atoms with Gasteiger partial charge in [-0.25, -0.2) is 0 Å². The lowest BCUT2D eigenvalue weighted by molar-refractivity contribution is -0.129. The predicted molar refractivity (Wildman–Crippen MR) is 94.2 cm³/mol. The van der Waals surface area contributed by atoms with Gasteiger partial charge < -0.3 is 20.2 Å². The molecule has 7 heteroatoms. The highest BCUT2D eigenvalue weighted by atomic mass is 16.3. The van der Waals surface area contributed by atoms with Gasteiger partial charge in [-0.2, -0.15) is 0 Å². The number of aliphatic hydroxyl groups is 1. The number of hydrogen-bond acceptors (Lipinski definition) is 5. The fourth-order valence-corrected chi connectivity index (χ4v) is 3.44. The van der Waals surface area contributed by atoms with E-state index in [1.807, 2.05) is 6.07 Å². The van der Waals surface area contributed by atoms with Crippen molar-refractivity contribution in [1.82, 2.24) is 20.0 Å². The molecule has 0 aromatic heterocycles. The van der Waals surface area contributed by atoms with E-state index in [0.717, 1.165) is 26.2 Å². The first-order chi connectivity index (χ1) is 12.0. The second-order valence-electron chi connectivity index (χ2n) is 6.82. The number of likely N-dealkylation sites (N-methyl/N-ethyl adjacent to an activating group) is 1. The van der Waals surface area contributed by atoms with Crippen LogP contribution < -0.4 is 5.32 Å². The molecule has 136 valence electrons. The number of β-amino-alcohol motifs (C(OH)–C–C–N with tert-alkyl or cyclic N) is 1. The summed E-state index contributed by atoms with van der Waals surface area (Å²) in [6.45, 7) is 4.57. The Bertz CT molecular complexity index is 602. The molecule has 2 saturated heterocycles. The van der Waals surface area contributed by atoms with Gasteiger partial charge in [-0.05, 0) is 19.2 Å². The summed E-state index contributed by atoms with van der Waals surface area (Å²) in [7, 11) is 2.09. The number of carbonyl (C=O) groups excluding carboxylic acids is 2. The Balaban J connectivity index is 1.49. The first-order valence-electron chi connectivity index (χ1n) is 8.76. The Morgan fingerprint density at radius 2 is 1.80 bits per heavy atom. The molecule has 25 heavy (non-hydrogen) atoms. The fraction of sp³-hybridized carbons (Fsp3) is 0.556. The van der Waals surface area contributed by atoms with Crippen LogP contribution in [0.5, 0.6) is 0 Å². The summed E-state index contributed by atoms with van der Waals surface area (Å²) in [5.41, 5.74) is 0.534. The zero-order chi connectivity index (χ0) is 17.8. The van der Waals surface area contributed by atoms with Crippen molar-refractivity contribution < 1.29 is 14.7 Å². The minimum atomic E-state index is -0.530. The van der Waals surface area contributed by atoms with Gasteiger partial charge in [0.05, 0.1) is 18.7 Å². The molecule has 7 nitrogen and oxygen atoms in total. The molecule has 0 saturated carbocycles. The SMILES string of the molecule is CN1CCN([C@H]2CN(C(=O)CNC(=O)c3ccccc3)C[C@@H]2O)CC1. The summed E-state index contributed by atoms with van der Waals surface area (Å²) in [5, 5.41) is 13.0. The van der Waals surface area contributed by atoms with Crippen molar-refractivity contribution in [1.29, 1.82) is 0 Å². The molecular formula is C18H26N4O3. The predicted octanol–water partition coefficient (Wildman–Crippen LogP) is -0.764. The maximum atomic E-state index is 12.4. The van der Waals surface area contributed by atoms with Crippen molar-refractivity contribution in [3.63, 3.8) is 0 Å². The quantitative estimate of drug-likeness (QED) is 0.749. The van der Waals surface area contributed by atoms with E-state index in [-0.39, 0.29) is 24.4 Å². The molecule has 0 spiro atoms. The molecule has 2 fully saturated rings. The highest BCUT2D eigenvalue weighted by Crippen LogP contribution is 2.18. The molecule has 0 aliphatic carbocycles. The van der Waals surface area contributed by atoms with Crippen LogP contribution in [0.25, 0.3) is 0 Å². The molecule has 2 aliphatic rings. The second-order valence-corrected chi connectivity index (χ2v) is 6.82. The molecule has 2 heterocycles. The first-order valence-corrected chi connectivity index (χ1v) is 8.76. The van der Waals surface area contributed by atoms with Crippen molar-refractivity contribution in [2.75, 3.05) is 52.9 Å². The van der Waals surface area contributed by atoms with Gasteiger partial charge in [0.15, 0.2) is 0 Å². The van der Waals surface area contributed by atoms with Crippen molar-refractivity contribution >= 4 is 11.8 Å². The van der Waals surface area contributed by atoms with Crippen molar-refractivity contribution in [2.45, 2.75) is 12.1 Å². The number of amides is 2. The maximum absolute atomic E-state index is 12.4. The van der Waals surface area contributed by atoms with E-state index in [2.05, 4.69) is 22.2 Å². The number of nitrogens with zero attached hydrogens (tertiary/aromatic N) is 3. The van der Waals surface area contributed by atoms with Crippen LogP contribution in [0.4, 0.5) is 0 Å². The van der Waals surface area contributed by atoms with Gasteiger partial charge in [0.2, 0.25) is 5.91 Å². The number of carbonyl (C=O) groups is 2. The van der Waals surface area contributed by atoms with E-state index in [4.69, 9.17) is 0 Å². The average molecular weight is 346 g/mol. The van der Waals surface area contributed by atoms with Crippen LogP contribution in [0, 0.1) is 0 Å². The summed E-state index contributed by atoms with van der Waals surface area (Å²) in [5.74, 6) is -0.413. The fourth-order valence-electron chi connectivity index (χ4n) is 3.44. The van der Waals surface area contributed by atoms with Gasteiger partial charge in [-0.1, -0.05) is 18.2 Å². The molecular weight excluding hydrogens is 320 g/mol. The molecule has 1 aromatic carbocycles. The Morgan fingerprint density at radius 1 is 1.12 bits per heavy atom. The molecule has 2 atom stereocenters. The van der Waals surface area contributed by atoms with Crippen LogP contribution in [0.15, 0.2) is 30.3 Å². The van der Waals surface area contributed by atoms with Crippen molar-refractivity contribution in [3.8, 4) is 0 Å². The molecule has 0 unspecified atom stereocenters. The summed E-state index contributed by atoms with van der Waals surface area (Å²) in [6.07, 6.45) is -0.530. The van der Waals surface area contributed by atoms with Crippen molar-refractivity contribution in [2.24, 2.45) is 0 Å². The second kappa shape index (κ2) is 7.95. The highest BCUT2D eigenvalue weighted by molar-refractivity contribution is 5.96. The van der Waals surface area contributed by atoms with Crippen LogP contribution in [-0.4, -0.2) is 96.6 Å². The first kappa shape index (κ1) is 17.8. The number of likely N-dealkylation sites (tertiary alicyclic amines) is 1. The third-order valence-corrected chi connectivity index (χ3v) is 5.05. The number of rotatable bonds is 4. The number of benzene rings is 1. The normalized spacial score (nSPS) is 25.1. The number of hydrogen-bond donors (Lipinski definition) is 2. The van der Waals surface area contributed by atoms with E-state index in [0.29, 0.717) is 18.7 Å². The van der Waals surface area contributed by atoms with Gasteiger partial charge in [-0.3, -0.25) is 14.5 Å². The molecule has 1 aromatic rings. The number of piperazine rings is 1. The monoisotopic (exact) mass is 346 g/mol. The van der Waals surface area contributed by atoms with Crippen LogP contribution in [-0.2, 0) is 4.79 Å². The Morgan fingerprint density at radius 3 is 2.48 bits per heavy atom. The van der Waals surface area contributed by atoms with E-state index < -0.39 is 6.10 Å². The van der Waals surface area contributed by atoms with E-state index >= 15 is 0 Å². The Labute approximate surface area is 148 Å². The van der Waals surface area contributed by atoms with Gasteiger partial charge >= 0.3 is 0 Å². The van der Waals surface area contributed by atoms with Gasteiger partial charge in [0.25, 0.3) is 5.91 Å². The van der Waals surface area contributed by atoms with E-state index in [1.165, 1.54) is 0 Å². The van der Waals surface area contributed by atoms with E-state index in [9.17, 15) is 14.7 Å². The minimum absolute atomic E-state index is 0.0116. The maximum Gasteiger partial charge on any atom is 0.251 e. The summed E-state index contributed by atoms with van der Waals surface area (Å²) in [6, 6.07) is 8.82. The Hall–Kier alpha value is -1.96. The number of aliphatic hydroxyl groups excluding tert-OH is 1. The summed E-state index contributed by atoms with van der Waals surface area (Å²) in [4.78, 5) is 30.6. The van der Waals surface area contributed by atoms with Gasteiger partial charge in [0.1, 0.15) is 0 Å². The summed E-state index contributed by atoms with van der Waals surface area (Å²) >= 11 is 0. The lowest BCUT2D eigenvalue weighted by atomic mass is 10.1. The minimum Gasteiger partial charge on any atom is -0.390 e. The Kier molecular flexibility index (Phi) is 5.67.